The van der Waals surface area contributed by atoms with Gasteiger partial charge >= 0.3 is 0 Å². The van der Waals surface area contributed by atoms with Crippen molar-refractivity contribution >= 4 is 34.5 Å². The Hall–Kier alpha value is -2.77. The van der Waals surface area contributed by atoms with Crippen molar-refractivity contribution in [3.05, 3.63) is 70.0 Å². The van der Waals surface area contributed by atoms with E-state index in [-0.39, 0.29) is 11.9 Å². The summed E-state index contributed by atoms with van der Waals surface area (Å²) in [6.45, 7) is 4.63. The Balaban J connectivity index is 1.44. The summed E-state index contributed by atoms with van der Waals surface area (Å²) >= 11 is 7.74. The molecule has 1 aliphatic rings. The van der Waals surface area contributed by atoms with Gasteiger partial charge in [-0.15, -0.1) is 11.3 Å². The van der Waals surface area contributed by atoms with Crippen LogP contribution in [-0.4, -0.2) is 42.7 Å². The van der Waals surface area contributed by atoms with Crippen LogP contribution in [0.3, 0.4) is 0 Å². The molecule has 0 unspecified atom stereocenters. The Kier molecular flexibility index (Phi) is 5.69. The molecule has 0 saturated carbocycles. The second-order valence-electron chi connectivity index (χ2n) is 8.25. The predicted octanol–water partition coefficient (Wildman–Crippen LogP) is 5.36. The van der Waals surface area contributed by atoms with E-state index >= 15 is 0 Å². The summed E-state index contributed by atoms with van der Waals surface area (Å²) in [6.07, 6.45) is 7.46. The predicted molar refractivity (Wildman–Crippen MR) is 127 cm³/mol. The third-order valence-electron chi connectivity index (χ3n) is 6.03. The van der Waals surface area contributed by atoms with Gasteiger partial charge in [0.25, 0.3) is 5.91 Å². The van der Waals surface area contributed by atoms with E-state index in [4.69, 9.17) is 16.6 Å². The maximum atomic E-state index is 13.7. The van der Waals surface area contributed by atoms with Crippen molar-refractivity contribution < 1.29 is 4.79 Å². The van der Waals surface area contributed by atoms with Crippen LogP contribution < -0.4 is 0 Å². The van der Waals surface area contributed by atoms with E-state index in [0.717, 1.165) is 58.2 Å². The van der Waals surface area contributed by atoms with Gasteiger partial charge in [0.2, 0.25) is 0 Å². The smallest absolute Gasteiger partial charge is 0.274 e. The maximum Gasteiger partial charge on any atom is 0.274 e. The summed E-state index contributed by atoms with van der Waals surface area (Å²) in [4.78, 5) is 30.3. The molecule has 1 atom stereocenters. The van der Waals surface area contributed by atoms with Gasteiger partial charge in [0.15, 0.2) is 0 Å². The molecule has 0 bridgehead atoms. The lowest BCUT2D eigenvalue weighted by atomic mass is 9.97. The zero-order valence-corrected chi connectivity index (χ0v) is 19.7. The largest absolute Gasteiger partial charge is 0.334 e. The molecule has 6 nitrogen and oxygen atoms in total. The van der Waals surface area contributed by atoms with Crippen LogP contribution in [0, 0.1) is 13.8 Å². The van der Waals surface area contributed by atoms with Gasteiger partial charge in [0, 0.05) is 30.8 Å². The molecule has 0 N–H and O–H groups in total. The topological polar surface area (TPSA) is 63.4 Å². The molecule has 8 heteroatoms. The van der Waals surface area contributed by atoms with E-state index in [2.05, 4.69) is 9.97 Å². The van der Waals surface area contributed by atoms with Crippen molar-refractivity contribution in [1.29, 1.82) is 0 Å². The minimum Gasteiger partial charge on any atom is -0.334 e. The van der Waals surface area contributed by atoms with Crippen LogP contribution in [-0.2, 0) is 6.42 Å². The number of piperidine rings is 1. The van der Waals surface area contributed by atoms with Crippen molar-refractivity contribution in [1.82, 2.24) is 24.3 Å². The van der Waals surface area contributed by atoms with Crippen molar-refractivity contribution in [2.75, 3.05) is 6.54 Å². The number of aryl methyl sites for hydroxylation is 2. The van der Waals surface area contributed by atoms with Gasteiger partial charge in [-0.3, -0.25) is 9.20 Å². The Morgan fingerprint density at radius 3 is 2.81 bits per heavy atom. The van der Waals surface area contributed by atoms with Gasteiger partial charge in [0.05, 0.1) is 15.6 Å². The van der Waals surface area contributed by atoms with Gasteiger partial charge in [-0.1, -0.05) is 41.9 Å². The van der Waals surface area contributed by atoms with E-state index in [1.807, 2.05) is 59.7 Å². The summed E-state index contributed by atoms with van der Waals surface area (Å²) < 4.78 is 1.91. The van der Waals surface area contributed by atoms with Crippen LogP contribution in [0.25, 0.3) is 16.1 Å². The van der Waals surface area contributed by atoms with E-state index in [1.165, 1.54) is 0 Å². The number of benzene rings is 1. The zero-order valence-electron chi connectivity index (χ0n) is 18.1. The molecular formula is C24H24ClN5OS. The zero-order chi connectivity index (χ0) is 22.2. The summed E-state index contributed by atoms with van der Waals surface area (Å²) in [5, 5.41) is 1.37. The van der Waals surface area contributed by atoms with Gasteiger partial charge < -0.3 is 4.90 Å². The number of rotatable bonds is 4. The summed E-state index contributed by atoms with van der Waals surface area (Å²) in [5.41, 5.74) is 4.22. The number of hydrogen-bond donors (Lipinski definition) is 0. The van der Waals surface area contributed by atoms with Gasteiger partial charge in [-0.05, 0) is 38.7 Å². The van der Waals surface area contributed by atoms with E-state index in [9.17, 15) is 4.79 Å². The third kappa shape index (κ3) is 3.91. The number of aromatic nitrogens is 4. The van der Waals surface area contributed by atoms with Crippen molar-refractivity contribution in [3.8, 4) is 10.4 Å². The fourth-order valence-corrected chi connectivity index (χ4v) is 5.47. The van der Waals surface area contributed by atoms with Gasteiger partial charge in [-0.25, -0.2) is 15.0 Å². The van der Waals surface area contributed by atoms with Crippen LogP contribution in [0.1, 0.15) is 46.0 Å². The molecule has 164 valence electrons. The number of carbonyl (C=O) groups is 1. The highest BCUT2D eigenvalue weighted by atomic mass is 35.5. The van der Waals surface area contributed by atoms with Crippen molar-refractivity contribution in [2.45, 2.75) is 45.6 Å². The second kappa shape index (κ2) is 8.64. The summed E-state index contributed by atoms with van der Waals surface area (Å²) in [7, 11) is 0. The lowest BCUT2D eigenvalue weighted by Gasteiger charge is -2.35. The number of thiazole rings is 1. The highest BCUT2D eigenvalue weighted by Crippen LogP contribution is 2.32. The quantitative estimate of drug-likeness (QED) is 0.380. The van der Waals surface area contributed by atoms with E-state index in [0.29, 0.717) is 17.3 Å². The van der Waals surface area contributed by atoms with Crippen LogP contribution in [0.2, 0.25) is 5.15 Å². The third-order valence-corrected chi connectivity index (χ3v) is 7.43. The number of nitrogens with zero attached hydrogens (tertiary/aromatic N) is 5. The fraction of sp³-hybridized carbons (Fsp3) is 0.333. The molecule has 1 aromatic carbocycles. The van der Waals surface area contributed by atoms with E-state index < -0.39 is 0 Å². The van der Waals surface area contributed by atoms with Crippen LogP contribution >= 0.6 is 22.9 Å². The lowest BCUT2D eigenvalue weighted by Crippen LogP contribution is -2.45. The Morgan fingerprint density at radius 1 is 1.19 bits per heavy atom. The molecule has 1 aliphatic heterocycles. The molecule has 0 spiro atoms. The SMILES string of the molecule is Cc1nc(C(=O)N2CCCC[C@H]2Cc2cn3cnc(Cl)c(C)c3n2)c(-c2ccccc2)s1. The van der Waals surface area contributed by atoms with Crippen molar-refractivity contribution in [3.63, 3.8) is 0 Å². The minimum atomic E-state index is 0.0163. The number of fused-ring (bicyclic) bond motifs is 1. The lowest BCUT2D eigenvalue weighted by molar-refractivity contribution is 0.0608. The Morgan fingerprint density at radius 2 is 2.00 bits per heavy atom. The maximum absolute atomic E-state index is 13.7. The number of amides is 1. The highest BCUT2D eigenvalue weighted by Gasteiger charge is 2.31. The number of likely N-dealkylation sites (tertiary alicyclic amines) is 1. The molecule has 0 radical (unpaired) electrons. The minimum absolute atomic E-state index is 0.0163. The number of imidazole rings is 1. The number of hydrogen-bond acceptors (Lipinski definition) is 5. The normalized spacial score (nSPS) is 16.6. The molecule has 4 aromatic rings. The van der Waals surface area contributed by atoms with Crippen molar-refractivity contribution in [2.24, 2.45) is 0 Å². The molecular weight excluding hydrogens is 442 g/mol. The van der Waals surface area contributed by atoms with Crippen LogP contribution in [0.4, 0.5) is 0 Å². The number of carbonyl (C=O) groups excluding carboxylic acids is 1. The monoisotopic (exact) mass is 465 g/mol. The first-order valence-electron chi connectivity index (χ1n) is 10.8. The molecule has 0 aliphatic carbocycles. The standard InChI is InChI=1S/C24H24ClN5OS/c1-15-22(25)26-14-29-13-18(28-23(15)29)12-19-10-6-7-11-30(19)24(31)20-21(32-16(2)27-20)17-8-4-3-5-9-17/h3-5,8-9,13-14,19H,6-7,10-12H2,1-2H3/t19-/m0/s1. The molecule has 1 amide bonds. The first kappa shape index (κ1) is 21.1. The molecule has 1 fully saturated rings. The van der Waals surface area contributed by atoms with Crippen LogP contribution in [0.15, 0.2) is 42.9 Å². The fourth-order valence-electron chi connectivity index (χ4n) is 4.42. The first-order valence-corrected chi connectivity index (χ1v) is 12.0. The molecule has 5 rings (SSSR count). The molecule has 1 saturated heterocycles. The summed E-state index contributed by atoms with van der Waals surface area (Å²) in [5.74, 6) is 0.0163. The molecule has 32 heavy (non-hydrogen) atoms. The van der Waals surface area contributed by atoms with Crippen LogP contribution in [0.5, 0.6) is 0 Å². The Bertz CT molecular complexity index is 1280. The Labute approximate surface area is 195 Å². The summed E-state index contributed by atoms with van der Waals surface area (Å²) in [6, 6.07) is 10.1. The average Bonchev–Trinajstić information content (AvgIpc) is 3.40. The molecule has 3 aromatic heterocycles. The average molecular weight is 466 g/mol. The van der Waals surface area contributed by atoms with Gasteiger partial charge in [-0.2, -0.15) is 0 Å². The highest BCUT2D eigenvalue weighted by molar-refractivity contribution is 7.15. The molecule has 4 heterocycles. The number of halogens is 1. The second-order valence-corrected chi connectivity index (χ2v) is 9.81. The first-order chi connectivity index (χ1) is 15.5. The van der Waals surface area contributed by atoms with E-state index in [1.54, 1.807) is 17.7 Å². The van der Waals surface area contributed by atoms with Gasteiger partial charge in [0.1, 0.15) is 22.8 Å².